The summed E-state index contributed by atoms with van der Waals surface area (Å²) >= 11 is 1.32. The van der Waals surface area contributed by atoms with Gasteiger partial charge in [-0.3, -0.25) is 9.89 Å². The molecule has 0 amide bonds. The average Bonchev–Trinajstić information content (AvgIpc) is 2.99. The standard InChI is InChI=1S/C16H21N3O3S/c1-16(2,3)13(20)9-23-15-17-14(18-19-15)11-7-6-10(21-4)8-12(11)22-5/h6-8H,9H2,1-5H3,(H,17,18,19). The van der Waals surface area contributed by atoms with Gasteiger partial charge in [-0.25, -0.2) is 4.98 Å². The highest BCUT2D eigenvalue weighted by Gasteiger charge is 2.22. The molecule has 23 heavy (non-hydrogen) atoms. The molecule has 1 N–H and O–H groups in total. The Kier molecular flexibility index (Phi) is 5.30. The zero-order chi connectivity index (χ0) is 17.0. The summed E-state index contributed by atoms with van der Waals surface area (Å²) in [6.45, 7) is 5.71. The SMILES string of the molecule is COc1ccc(-c2nc(SCC(=O)C(C)(C)C)n[nH]2)c(OC)c1. The summed E-state index contributed by atoms with van der Waals surface area (Å²) in [5.41, 5.74) is 0.431. The minimum atomic E-state index is -0.356. The van der Waals surface area contributed by atoms with E-state index in [1.165, 1.54) is 11.8 Å². The van der Waals surface area contributed by atoms with E-state index < -0.39 is 0 Å². The monoisotopic (exact) mass is 335 g/mol. The molecule has 0 saturated heterocycles. The third-order valence-electron chi connectivity index (χ3n) is 3.30. The van der Waals surface area contributed by atoms with Gasteiger partial charge >= 0.3 is 0 Å². The van der Waals surface area contributed by atoms with Crippen LogP contribution in [-0.4, -0.2) is 40.9 Å². The lowest BCUT2D eigenvalue weighted by atomic mass is 9.92. The highest BCUT2D eigenvalue weighted by molar-refractivity contribution is 7.99. The Hall–Kier alpha value is -2.02. The maximum Gasteiger partial charge on any atom is 0.209 e. The summed E-state index contributed by atoms with van der Waals surface area (Å²) in [6, 6.07) is 5.47. The van der Waals surface area contributed by atoms with Gasteiger partial charge < -0.3 is 9.47 Å². The van der Waals surface area contributed by atoms with Crippen molar-refractivity contribution in [3.8, 4) is 22.9 Å². The molecule has 1 aromatic carbocycles. The number of nitrogens with one attached hydrogen (secondary N) is 1. The Morgan fingerprint density at radius 1 is 1.26 bits per heavy atom. The molecule has 0 unspecified atom stereocenters. The summed E-state index contributed by atoms with van der Waals surface area (Å²) in [5, 5.41) is 7.57. The fourth-order valence-corrected chi connectivity index (χ4v) is 2.73. The van der Waals surface area contributed by atoms with Crippen LogP contribution in [0.25, 0.3) is 11.4 Å². The molecule has 1 aromatic heterocycles. The van der Waals surface area contributed by atoms with Crippen LogP contribution in [-0.2, 0) is 4.79 Å². The lowest BCUT2D eigenvalue weighted by molar-refractivity contribution is -0.123. The lowest BCUT2D eigenvalue weighted by Crippen LogP contribution is -2.22. The van der Waals surface area contributed by atoms with Crippen molar-refractivity contribution < 1.29 is 14.3 Å². The number of ether oxygens (including phenoxy) is 2. The number of benzene rings is 1. The molecule has 0 aliphatic heterocycles. The Balaban J connectivity index is 2.15. The van der Waals surface area contributed by atoms with Crippen LogP contribution in [0.3, 0.4) is 0 Å². The molecule has 0 aliphatic rings. The van der Waals surface area contributed by atoms with E-state index in [0.29, 0.717) is 28.2 Å². The molecular formula is C16H21N3O3S. The molecule has 0 aliphatic carbocycles. The summed E-state index contributed by atoms with van der Waals surface area (Å²) in [6.07, 6.45) is 0. The number of methoxy groups -OCH3 is 2. The molecule has 0 saturated carbocycles. The number of hydrogen-bond donors (Lipinski definition) is 1. The summed E-state index contributed by atoms with van der Waals surface area (Å²) in [5.74, 6) is 2.45. The fourth-order valence-electron chi connectivity index (χ4n) is 1.77. The number of aromatic nitrogens is 3. The van der Waals surface area contributed by atoms with Gasteiger partial charge in [-0.1, -0.05) is 32.5 Å². The first kappa shape index (κ1) is 17.3. The van der Waals surface area contributed by atoms with Gasteiger partial charge in [-0.15, -0.1) is 5.10 Å². The van der Waals surface area contributed by atoms with Crippen molar-refractivity contribution in [3.05, 3.63) is 18.2 Å². The number of hydrogen-bond acceptors (Lipinski definition) is 6. The van der Waals surface area contributed by atoms with Crippen molar-refractivity contribution in [1.29, 1.82) is 0 Å². The maximum atomic E-state index is 12.0. The van der Waals surface area contributed by atoms with Crippen molar-refractivity contribution in [3.63, 3.8) is 0 Å². The van der Waals surface area contributed by atoms with E-state index in [0.717, 1.165) is 5.56 Å². The molecule has 1 heterocycles. The number of thioether (sulfide) groups is 1. The predicted octanol–water partition coefficient (Wildman–Crippen LogP) is 3.20. The number of nitrogens with zero attached hydrogens (tertiary/aromatic N) is 2. The second-order valence-corrected chi connectivity index (χ2v) is 6.94. The van der Waals surface area contributed by atoms with Crippen LogP contribution in [0, 0.1) is 5.41 Å². The Morgan fingerprint density at radius 3 is 2.61 bits per heavy atom. The van der Waals surface area contributed by atoms with Crippen molar-refractivity contribution in [2.45, 2.75) is 25.9 Å². The van der Waals surface area contributed by atoms with Crippen molar-refractivity contribution in [1.82, 2.24) is 15.2 Å². The molecule has 2 aromatic rings. The molecular weight excluding hydrogens is 314 g/mol. The molecule has 0 spiro atoms. The number of ketones is 1. The van der Waals surface area contributed by atoms with Crippen LogP contribution in [0.4, 0.5) is 0 Å². The van der Waals surface area contributed by atoms with E-state index in [1.54, 1.807) is 20.3 Å². The third kappa shape index (κ3) is 4.25. The van der Waals surface area contributed by atoms with Crippen molar-refractivity contribution in [2.75, 3.05) is 20.0 Å². The highest BCUT2D eigenvalue weighted by atomic mass is 32.2. The van der Waals surface area contributed by atoms with Crippen LogP contribution in [0.5, 0.6) is 11.5 Å². The molecule has 0 fully saturated rings. The Bertz CT molecular complexity index is 692. The number of carbonyl (C=O) groups is 1. The van der Waals surface area contributed by atoms with Gasteiger partial charge in [0.2, 0.25) is 5.16 Å². The van der Waals surface area contributed by atoms with Crippen molar-refractivity contribution in [2.24, 2.45) is 5.41 Å². The molecule has 6 nitrogen and oxygen atoms in total. The van der Waals surface area contributed by atoms with E-state index in [1.807, 2.05) is 32.9 Å². The Morgan fingerprint density at radius 2 is 2.00 bits per heavy atom. The number of H-pyrrole nitrogens is 1. The minimum Gasteiger partial charge on any atom is -0.497 e. The second-order valence-electron chi connectivity index (χ2n) is 5.99. The molecule has 0 radical (unpaired) electrons. The lowest BCUT2D eigenvalue weighted by Gasteiger charge is -2.15. The van der Waals surface area contributed by atoms with Gasteiger partial charge in [0.15, 0.2) is 5.82 Å². The third-order valence-corrected chi connectivity index (χ3v) is 4.14. The second kappa shape index (κ2) is 7.04. The van der Waals surface area contributed by atoms with Crippen LogP contribution in [0.2, 0.25) is 0 Å². The Labute approximate surface area is 140 Å². The van der Waals surface area contributed by atoms with E-state index in [2.05, 4.69) is 15.2 Å². The molecule has 0 atom stereocenters. The fraction of sp³-hybridized carbons (Fsp3) is 0.438. The summed E-state index contributed by atoms with van der Waals surface area (Å²) in [7, 11) is 3.19. The highest BCUT2D eigenvalue weighted by Crippen LogP contribution is 2.32. The van der Waals surface area contributed by atoms with Gasteiger partial charge in [0.1, 0.15) is 17.3 Å². The predicted molar refractivity (Wildman–Crippen MR) is 90.1 cm³/mol. The van der Waals surface area contributed by atoms with E-state index in [4.69, 9.17) is 9.47 Å². The summed E-state index contributed by atoms with van der Waals surface area (Å²) in [4.78, 5) is 16.4. The van der Waals surface area contributed by atoms with Crippen LogP contribution < -0.4 is 9.47 Å². The number of Topliss-reactive ketones (excluding diaryl/α,β-unsaturated/α-hetero) is 1. The first-order valence-electron chi connectivity index (χ1n) is 7.16. The quantitative estimate of drug-likeness (QED) is 0.817. The van der Waals surface area contributed by atoms with Crippen LogP contribution in [0.15, 0.2) is 23.4 Å². The van der Waals surface area contributed by atoms with Gasteiger partial charge in [0.25, 0.3) is 0 Å². The average molecular weight is 335 g/mol. The van der Waals surface area contributed by atoms with Crippen molar-refractivity contribution >= 4 is 17.5 Å². The van der Waals surface area contributed by atoms with E-state index >= 15 is 0 Å². The van der Waals surface area contributed by atoms with Gasteiger partial charge in [0.05, 0.1) is 25.5 Å². The maximum absolute atomic E-state index is 12.0. The molecule has 7 heteroatoms. The first-order chi connectivity index (χ1) is 10.8. The minimum absolute atomic E-state index is 0.163. The van der Waals surface area contributed by atoms with Gasteiger partial charge in [0, 0.05) is 11.5 Å². The zero-order valence-electron chi connectivity index (χ0n) is 14.0. The largest absolute Gasteiger partial charge is 0.497 e. The molecule has 0 bridgehead atoms. The summed E-state index contributed by atoms with van der Waals surface area (Å²) < 4.78 is 10.5. The normalized spacial score (nSPS) is 11.3. The zero-order valence-corrected chi connectivity index (χ0v) is 14.8. The molecule has 2 rings (SSSR count). The number of aromatic amines is 1. The number of carbonyl (C=O) groups excluding carboxylic acids is 1. The van der Waals surface area contributed by atoms with E-state index in [-0.39, 0.29) is 11.2 Å². The molecule has 124 valence electrons. The topological polar surface area (TPSA) is 77.1 Å². The van der Waals surface area contributed by atoms with Crippen LogP contribution in [0.1, 0.15) is 20.8 Å². The van der Waals surface area contributed by atoms with Crippen LogP contribution >= 0.6 is 11.8 Å². The van der Waals surface area contributed by atoms with Gasteiger partial charge in [-0.05, 0) is 12.1 Å². The first-order valence-corrected chi connectivity index (χ1v) is 8.14. The van der Waals surface area contributed by atoms with E-state index in [9.17, 15) is 4.79 Å². The number of rotatable bonds is 6. The smallest absolute Gasteiger partial charge is 0.209 e. The van der Waals surface area contributed by atoms with Gasteiger partial charge in [-0.2, -0.15) is 0 Å².